The molecule has 286 valence electrons. The highest BCUT2D eigenvalue weighted by Crippen LogP contribution is 2.45. The van der Waals surface area contributed by atoms with Gasteiger partial charge in [0.15, 0.2) is 23.0 Å². The minimum atomic E-state index is 0.228. The first-order valence-electron chi connectivity index (χ1n) is 19.9. The predicted molar refractivity (Wildman–Crippen MR) is 238 cm³/mol. The van der Waals surface area contributed by atoms with Crippen LogP contribution >= 0.6 is 0 Å². The third-order valence-electron chi connectivity index (χ3n) is 11.7. The van der Waals surface area contributed by atoms with Gasteiger partial charge in [-0.2, -0.15) is 0 Å². The highest BCUT2D eigenvalue weighted by Gasteiger charge is 2.22. The van der Waals surface area contributed by atoms with Crippen LogP contribution in [0.1, 0.15) is 0 Å². The third-order valence-corrected chi connectivity index (χ3v) is 11.7. The summed E-state index contributed by atoms with van der Waals surface area (Å²) in [6, 6.07) is 59.0. The number of nitrogens with zero attached hydrogens (tertiary/aromatic N) is 2. The molecule has 0 bridgehead atoms. The molecular formula is C52H32N2O6. The molecule has 2 aromatic heterocycles. The molecule has 0 spiro atoms. The number of furan rings is 2. The molecule has 0 unspecified atom stereocenters. The Morgan fingerprint density at radius 1 is 0.283 bits per heavy atom. The van der Waals surface area contributed by atoms with Crippen LogP contribution in [0.25, 0.3) is 65.4 Å². The summed E-state index contributed by atoms with van der Waals surface area (Å²) in [5.41, 5.74) is 9.30. The van der Waals surface area contributed by atoms with Crippen molar-refractivity contribution in [1.29, 1.82) is 0 Å². The fourth-order valence-electron chi connectivity index (χ4n) is 8.88. The van der Waals surface area contributed by atoms with Gasteiger partial charge in [-0.1, -0.05) is 48.5 Å². The Balaban J connectivity index is 0.897. The summed E-state index contributed by atoms with van der Waals surface area (Å²) >= 11 is 0. The Morgan fingerprint density at radius 3 is 1.17 bits per heavy atom. The van der Waals surface area contributed by atoms with Gasteiger partial charge < -0.3 is 37.6 Å². The van der Waals surface area contributed by atoms with Crippen molar-refractivity contribution in [2.75, 3.05) is 23.4 Å². The highest BCUT2D eigenvalue weighted by atomic mass is 16.7. The Morgan fingerprint density at radius 2 is 0.683 bits per heavy atom. The van der Waals surface area contributed by atoms with E-state index in [4.69, 9.17) is 27.8 Å². The van der Waals surface area contributed by atoms with Crippen LogP contribution in [0.2, 0.25) is 0 Å². The molecule has 0 N–H and O–H groups in total. The van der Waals surface area contributed by atoms with E-state index in [1.165, 1.54) is 0 Å². The van der Waals surface area contributed by atoms with Crippen LogP contribution in [-0.2, 0) is 0 Å². The van der Waals surface area contributed by atoms with E-state index in [1.54, 1.807) is 0 Å². The lowest BCUT2D eigenvalue weighted by Crippen LogP contribution is -2.09. The second kappa shape index (κ2) is 12.7. The van der Waals surface area contributed by atoms with Gasteiger partial charge >= 0.3 is 0 Å². The van der Waals surface area contributed by atoms with E-state index in [9.17, 15) is 0 Å². The Kier molecular flexibility index (Phi) is 6.97. The number of hydrogen-bond acceptors (Lipinski definition) is 8. The van der Waals surface area contributed by atoms with Crippen LogP contribution in [0.4, 0.5) is 34.1 Å². The second-order valence-electron chi connectivity index (χ2n) is 15.2. The molecule has 13 rings (SSSR count). The standard InChI is InChI=1S/C52H32N2O6/c1-3-7-35(8-4-1)53(39-15-17-45-51(25-39)57-29-55-45)37-13-11-31-21-41-43-27-44-42-22-32-12-14-38(54(36-9-5-2-6-10-36)40-16-18-46-52(26-40)58-30-56-46)20-34(32)24-48(42)60-50(44)28-49(43)59-47(41)23-33(31)19-37/h1-28H,29-30H2. The summed E-state index contributed by atoms with van der Waals surface area (Å²) in [5.74, 6) is 2.99. The molecule has 0 fully saturated rings. The lowest BCUT2D eigenvalue weighted by Gasteiger charge is -2.26. The summed E-state index contributed by atoms with van der Waals surface area (Å²) in [6.45, 7) is 0.457. The first-order chi connectivity index (χ1) is 29.7. The number of benzene rings is 9. The number of para-hydroxylation sites is 2. The quantitative estimate of drug-likeness (QED) is 0.165. The minimum Gasteiger partial charge on any atom is -0.456 e. The summed E-state index contributed by atoms with van der Waals surface area (Å²) in [7, 11) is 0. The monoisotopic (exact) mass is 780 g/mol. The fourth-order valence-corrected chi connectivity index (χ4v) is 8.88. The van der Waals surface area contributed by atoms with Crippen LogP contribution < -0.4 is 28.7 Å². The van der Waals surface area contributed by atoms with Crippen molar-refractivity contribution in [3.05, 3.63) is 170 Å². The molecule has 8 nitrogen and oxygen atoms in total. The van der Waals surface area contributed by atoms with Crippen LogP contribution in [0.15, 0.2) is 179 Å². The molecule has 11 aromatic rings. The van der Waals surface area contributed by atoms with Crippen molar-refractivity contribution in [1.82, 2.24) is 0 Å². The molecule has 0 aliphatic carbocycles. The first kappa shape index (κ1) is 32.9. The Bertz CT molecular complexity index is 3290. The van der Waals surface area contributed by atoms with Crippen molar-refractivity contribution in [2.45, 2.75) is 0 Å². The topological polar surface area (TPSA) is 69.7 Å². The summed E-state index contributed by atoms with van der Waals surface area (Å²) in [4.78, 5) is 4.46. The van der Waals surface area contributed by atoms with E-state index in [1.807, 2.05) is 42.5 Å². The van der Waals surface area contributed by atoms with Crippen LogP contribution in [0, 0.1) is 0 Å². The van der Waals surface area contributed by atoms with E-state index in [0.717, 1.165) is 123 Å². The van der Waals surface area contributed by atoms with Gasteiger partial charge in [0.1, 0.15) is 22.3 Å². The normalized spacial score (nSPS) is 13.1. The molecule has 0 radical (unpaired) electrons. The zero-order chi connectivity index (χ0) is 39.3. The number of ether oxygens (including phenoxy) is 4. The van der Waals surface area contributed by atoms with Gasteiger partial charge in [-0.3, -0.25) is 0 Å². The highest BCUT2D eigenvalue weighted by molar-refractivity contribution is 6.18. The molecule has 60 heavy (non-hydrogen) atoms. The summed E-state index contributed by atoms with van der Waals surface area (Å²) in [6.07, 6.45) is 0. The maximum atomic E-state index is 6.59. The lowest BCUT2D eigenvalue weighted by atomic mass is 10.0. The molecular weight excluding hydrogens is 749 g/mol. The summed E-state index contributed by atoms with van der Waals surface area (Å²) in [5, 5.41) is 8.62. The minimum absolute atomic E-state index is 0.228. The van der Waals surface area contributed by atoms with Gasteiger partial charge in [-0.15, -0.1) is 0 Å². The molecule has 0 atom stereocenters. The molecule has 2 aliphatic heterocycles. The maximum Gasteiger partial charge on any atom is 0.231 e. The van der Waals surface area contributed by atoms with Crippen molar-refractivity contribution < 1.29 is 27.8 Å². The van der Waals surface area contributed by atoms with Crippen LogP contribution in [0.5, 0.6) is 23.0 Å². The van der Waals surface area contributed by atoms with Crippen molar-refractivity contribution in [3.8, 4) is 23.0 Å². The number of rotatable bonds is 6. The van der Waals surface area contributed by atoms with Gasteiger partial charge in [0, 0.05) is 62.5 Å². The molecule has 0 saturated heterocycles. The SMILES string of the molecule is c1ccc(N(c2ccc3c(c2)OCO3)c2ccc3cc4c(cc3c2)oc2cc3oc5cc6cc(N(c7ccccc7)c7ccc8c(c7)OCO8)ccc6cc5c3cc24)cc1. The summed E-state index contributed by atoms with van der Waals surface area (Å²) < 4.78 is 35.9. The average molecular weight is 781 g/mol. The van der Waals surface area contributed by atoms with Gasteiger partial charge in [0.05, 0.1) is 11.4 Å². The molecule has 0 amide bonds. The number of anilines is 6. The molecule has 2 aliphatic rings. The first-order valence-corrected chi connectivity index (χ1v) is 19.9. The average Bonchev–Trinajstić information content (AvgIpc) is 4.10. The van der Waals surface area contributed by atoms with E-state index in [-0.39, 0.29) is 13.6 Å². The van der Waals surface area contributed by atoms with E-state index >= 15 is 0 Å². The zero-order valence-electron chi connectivity index (χ0n) is 31.9. The van der Waals surface area contributed by atoms with Gasteiger partial charge in [0.2, 0.25) is 13.6 Å². The van der Waals surface area contributed by atoms with Gasteiger partial charge in [-0.25, -0.2) is 0 Å². The van der Waals surface area contributed by atoms with Crippen molar-refractivity contribution in [3.63, 3.8) is 0 Å². The van der Waals surface area contributed by atoms with Gasteiger partial charge in [-0.05, 0) is 125 Å². The lowest BCUT2D eigenvalue weighted by molar-refractivity contribution is 0.173. The number of fused-ring (bicyclic) bond motifs is 10. The van der Waals surface area contributed by atoms with Gasteiger partial charge in [0.25, 0.3) is 0 Å². The van der Waals surface area contributed by atoms with Crippen LogP contribution in [0.3, 0.4) is 0 Å². The smallest absolute Gasteiger partial charge is 0.231 e. The number of hydrogen-bond donors (Lipinski definition) is 0. The van der Waals surface area contributed by atoms with E-state index in [0.29, 0.717) is 0 Å². The predicted octanol–water partition coefficient (Wildman–Crippen LogP) is 14.2. The van der Waals surface area contributed by atoms with Crippen molar-refractivity contribution in [2.24, 2.45) is 0 Å². The molecule has 4 heterocycles. The zero-order valence-corrected chi connectivity index (χ0v) is 31.9. The fraction of sp³-hybridized carbons (Fsp3) is 0.0385. The third kappa shape index (κ3) is 5.17. The molecule has 8 heteroatoms. The molecule has 0 saturated carbocycles. The Hall–Kier alpha value is -8.10. The van der Waals surface area contributed by atoms with Crippen molar-refractivity contribution >= 4 is 99.5 Å². The second-order valence-corrected chi connectivity index (χ2v) is 15.2. The van der Waals surface area contributed by atoms with E-state index in [2.05, 4.69) is 137 Å². The molecule has 9 aromatic carbocycles. The largest absolute Gasteiger partial charge is 0.456 e. The Labute approximate surface area is 342 Å². The van der Waals surface area contributed by atoms with Crippen LogP contribution in [-0.4, -0.2) is 13.6 Å². The van der Waals surface area contributed by atoms with E-state index < -0.39 is 0 Å². The maximum absolute atomic E-state index is 6.59.